The van der Waals surface area contributed by atoms with Gasteiger partial charge < -0.3 is 5.11 Å². The third-order valence-electron chi connectivity index (χ3n) is 3.72. The SMILES string of the molecule is CC1=Nc2ccc([N+](=O)[O-])cc2C(O)(c2ccccc2)N1N. The van der Waals surface area contributed by atoms with Crippen LogP contribution in [0, 0.1) is 10.1 Å². The molecule has 2 aromatic rings. The van der Waals surface area contributed by atoms with Crippen molar-refractivity contribution in [2.24, 2.45) is 10.8 Å². The Balaban J connectivity index is 2.30. The highest BCUT2D eigenvalue weighted by atomic mass is 16.6. The molecule has 7 heteroatoms. The maximum atomic E-state index is 11.2. The molecule has 112 valence electrons. The third kappa shape index (κ3) is 1.95. The zero-order valence-electron chi connectivity index (χ0n) is 11.8. The number of hydrazine groups is 1. The Morgan fingerprint density at radius 3 is 2.59 bits per heavy atom. The van der Waals surface area contributed by atoms with Gasteiger partial charge in [-0.1, -0.05) is 30.3 Å². The number of nitrogens with zero attached hydrogens (tertiary/aromatic N) is 3. The van der Waals surface area contributed by atoms with Crippen LogP contribution in [-0.2, 0) is 5.72 Å². The number of nitrogens with two attached hydrogens (primary N) is 1. The summed E-state index contributed by atoms with van der Waals surface area (Å²) in [6.07, 6.45) is 0. The van der Waals surface area contributed by atoms with Crippen LogP contribution in [-0.4, -0.2) is 20.9 Å². The van der Waals surface area contributed by atoms with Crippen LogP contribution < -0.4 is 5.84 Å². The van der Waals surface area contributed by atoms with E-state index in [2.05, 4.69) is 4.99 Å². The van der Waals surface area contributed by atoms with Crippen LogP contribution in [0.25, 0.3) is 0 Å². The lowest BCUT2D eigenvalue weighted by Gasteiger charge is -2.41. The Kier molecular flexibility index (Phi) is 3.16. The largest absolute Gasteiger partial charge is 0.362 e. The second-order valence-corrected chi connectivity index (χ2v) is 5.03. The highest BCUT2D eigenvalue weighted by molar-refractivity contribution is 5.86. The Labute approximate surface area is 126 Å². The molecule has 0 aromatic heterocycles. The molecule has 3 N–H and O–H groups in total. The summed E-state index contributed by atoms with van der Waals surface area (Å²) in [5, 5.41) is 23.4. The highest BCUT2D eigenvalue weighted by Gasteiger charge is 2.43. The molecule has 0 spiro atoms. The molecule has 3 rings (SSSR count). The zero-order valence-corrected chi connectivity index (χ0v) is 11.8. The van der Waals surface area contributed by atoms with E-state index in [1.807, 2.05) is 6.07 Å². The monoisotopic (exact) mass is 298 g/mol. The lowest BCUT2D eigenvalue weighted by atomic mass is 9.90. The van der Waals surface area contributed by atoms with Crippen molar-refractivity contribution in [2.45, 2.75) is 12.6 Å². The number of aliphatic imine (C=N–C) groups is 1. The molecule has 1 aliphatic heterocycles. The summed E-state index contributed by atoms with van der Waals surface area (Å²) in [5.74, 6) is 6.42. The summed E-state index contributed by atoms with van der Waals surface area (Å²) < 4.78 is 0. The highest BCUT2D eigenvalue weighted by Crippen LogP contribution is 2.42. The van der Waals surface area contributed by atoms with Crippen LogP contribution in [0.4, 0.5) is 11.4 Å². The van der Waals surface area contributed by atoms with Gasteiger partial charge in [0.1, 0.15) is 5.84 Å². The van der Waals surface area contributed by atoms with Crippen molar-refractivity contribution in [3.05, 3.63) is 69.8 Å². The van der Waals surface area contributed by atoms with Crippen molar-refractivity contribution in [1.82, 2.24) is 5.01 Å². The van der Waals surface area contributed by atoms with Crippen molar-refractivity contribution in [2.75, 3.05) is 0 Å². The van der Waals surface area contributed by atoms with E-state index in [1.54, 1.807) is 31.2 Å². The van der Waals surface area contributed by atoms with Gasteiger partial charge in [0, 0.05) is 23.3 Å². The molecule has 0 radical (unpaired) electrons. The minimum absolute atomic E-state index is 0.128. The number of nitro groups is 1. The number of benzene rings is 2. The van der Waals surface area contributed by atoms with Gasteiger partial charge in [0.15, 0.2) is 0 Å². The first kappa shape index (κ1) is 14.2. The fraction of sp³-hybridized carbons (Fsp3) is 0.133. The molecule has 0 bridgehead atoms. The van der Waals surface area contributed by atoms with Crippen LogP contribution in [0.3, 0.4) is 0 Å². The summed E-state index contributed by atoms with van der Waals surface area (Å²) in [6.45, 7) is 1.66. The molecular weight excluding hydrogens is 284 g/mol. The van der Waals surface area contributed by atoms with E-state index in [9.17, 15) is 15.2 Å². The number of aliphatic hydroxyl groups is 1. The smallest absolute Gasteiger partial charge is 0.270 e. The maximum absolute atomic E-state index is 11.2. The predicted octanol–water partition coefficient (Wildman–Crippen LogP) is 2.03. The Bertz CT molecular complexity index is 776. The molecule has 1 unspecified atom stereocenters. The van der Waals surface area contributed by atoms with E-state index >= 15 is 0 Å². The molecule has 0 amide bonds. The average molecular weight is 298 g/mol. The van der Waals surface area contributed by atoms with Crippen molar-refractivity contribution < 1.29 is 10.0 Å². The van der Waals surface area contributed by atoms with Crippen molar-refractivity contribution in [1.29, 1.82) is 0 Å². The van der Waals surface area contributed by atoms with Gasteiger partial charge in [-0.05, 0) is 13.0 Å². The Morgan fingerprint density at radius 2 is 1.95 bits per heavy atom. The van der Waals surface area contributed by atoms with Gasteiger partial charge in [-0.2, -0.15) is 0 Å². The fourth-order valence-corrected chi connectivity index (χ4v) is 2.57. The van der Waals surface area contributed by atoms with E-state index in [0.29, 0.717) is 17.1 Å². The topological polar surface area (TPSA) is 105 Å². The van der Waals surface area contributed by atoms with E-state index in [-0.39, 0.29) is 11.3 Å². The lowest BCUT2D eigenvalue weighted by molar-refractivity contribution is -0.385. The standard InChI is InChI=1S/C15H14N4O3/c1-10-17-14-8-7-12(19(21)22)9-13(14)15(20,18(10)16)11-5-3-2-4-6-11/h2-9,20H,16H2,1H3. The van der Waals surface area contributed by atoms with Gasteiger partial charge in [0.2, 0.25) is 5.72 Å². The van der Waals surface area contributed by atoms with Gasteiger partial charge in [-0.3, -0.25) is 15.1 Å². The second-order valence-electron chi connectivity index (χ2n) is 5.03. The van der Waals surface area contributed by atoms with Crippen molar-refractivity contribution in [3.8, 4) is 0 Å². The number of nitro benzene ring substituents is 1. The molecule has 1 aliphatic rings. The molecule has 0 saturated heterocycles. The zero-order chi connectivity index (χ0) is 15.9. The molecule has 0 aliphatic carbocycles. The first-order valence-electron chi connectivity index (χ1n) is 6.61. The molecule has 0 fully saturated rings. The van der Waals surface area contributed by atoms with Gasteiger partial charge in [0.05, 0.1) is 10.6 Å². The number of rotatable bonds is 2. The van der Waals surface area contributed by atoms with Gasteiger partial charge in [-0.25, -0.2) is 10.8 Å². The van der Waals surface area contributed by atoms with Gasteiger partial charge in [0.25, 0.3) is 5.69 Å². The van der Waals surface area contributed by atoms with E-state index in [1.165, 1.54) is 18.2 Å². The van der Waals surface area contributed by atoms with E-state index in [0.717, 1.165) is 5.01 Å². The van der Waals surface area contributed by atoms with E-state index < -0.39 is 10.6 Å². The Morgan fingerprint density at radius 1 is 1.27 bits per heavy atom. The first-order valence-corrected chi connectivity index (χ1v) is 6.61. The summed E-state index contributed by atoms with van der Waals surface area (Å²) >= 11 is 0. The van der Waals surface area contributed by atoms with Gasteiger partial charge in [-0.15, -0.1) is 0 Å². The summed E-state index contributed by atoms with van der Waals surface area (Å²) in [5.41, 5.74) is -0.601. The quantitative estimate of drug-likeness (QED) is 0.501. The number of hydrogen-bond donors (Lipinski definition) is 2. The number of fused-ring (bicyclic) bond motifs is 1. The molecule has 22 heavy (non-hydrogen) atoms. The van der Waals surface area contributed by atoms with Crippen LogP contribution in [0.15, 0.2) is 53.5 Å². The average Bonchev–Trinajstić information content (AvgIpc) is 2.53. The molecule has 1 heterocycles. The van der Waals surface area contributed by atoms with Gasteiger partial charge >= 0.3 is 0 Å². The first-order chi connectivity index (χ1) is 10.4. The van der Waals surface area contributed by atoms with Crippen LogP contribution >= 0.6 is 0 Å². The second kappa shape index (κ2) is 4.90. The number of non-ortho nitro benzene ring substituents is 1. The molecular formula is C15H14N4O3. The maximum Gasteiger partial charge on any atom is 0.270 e. The van der Waals surface area contributed by atoms with Crippen LogP contribution in [0.2, 0.25) is 0 Å². The van der Waals surface area contributed by atoms with Crippen molar-refractivity contribution in [3.63, 3.8) is 0 Å². The molecule has 7 nitrogen and oxygen atoms in total. The fourth-order valence-electron chi connectivity index (χ4n) is 2.57. The molecule has 0 saturated carbocycles. The van der Waals surface area contributed by atoms with Crippen LogP contribution in [0.5, 0.6) is 0 Å². The summed E-state index contributed by atoms with van der Waals surface area (Å²) in [6, 6.07) is 12.9. The molecule has 1 atom stereocenters. The third-order valence-corrected chi connectivity index (χ3v) is 3.72. The minimum atomic E-state index is -1.71. The summed E-state index contributed by atoms with van der Waals surface area (Å²) in [4.78, 5) is 14.8. The number of amidine groups is 1. The normalized spacial score (nSPS) is 20.3. The van der Waals surface area contributed by atoms with E-state index in [4.69, 9.17) is 5.84 Å². The van der Waals surface area contributed by atoms with Crippen LogP contribution in [0.1, 0.15) is 18.1 Å². The van der Waals surface area contributed by atoms with Crippen molar-refractivity contribution >= 4 is 17.2 Å². The number of hydrogen-bond acceptors (Lipinski definition) is 6. The summed E-state index contributed by atoms with van der Waals surface area (Å²) in [7, 11) is 0. The lowest BCUT2D eigenvalue weighted by Crippen LogP contribution is -2.55. The minimum Gasteiger partial charge on any atom is -0.362 e. The molecule has 2 aromatic carbocycles. The Hall–Kier alpha value is -2.77. The predicted molar refractivity (Wildman–Crippen MR) is 81.3 cm³/mol.